The third-order valence-corrected chi connectivity index (χ3v) is 4.45. The predicted octanol–water partition coefficient (Wildman–Crippen LogP) is 4.25. The zero-order chi connectivity index (χ0) is 9.71. The fraction of sp³-hybridized carbons (Fsp3) is 0.231. The summed E-state index contributed by atoms with van der Waals surface area (Å²) in [6.07, 6.45) is 1.16. The second kappa shape index (κ2) is 2.71. The molecule has 1 aromatic heterocycles. The predicted molar refractivity (Wildman–Crippen MR) is 63.8 cm³/mol. The van der Waals surface area contributed by atoms with Crippen LogP contribution in [0.25, 0.3) is 15.7 Å². The number of hydrogen-bond acceptors (Lipinski definition) is 1. The molecular formula is C13H12S. The molecule has 0 fully saturated rings. The molecule has 0 unspecified atom stereocenters. The van der Waals surface area contributed by atoms with Gasteiger partial charge < -0.3 is 0 Å². The number of rotatable bonds is 0. The molecule has 2 aromatic rings. The van der Waals surface area contributed by atoms with Gasteiger partial charge in [0, 0.05) is 9.58 Å². The zero-order valence-corrected chi connectivity index (χ0v) is 9.24. The SMILES string of the molecule is CC1=C(C)c2sc3ccccc3c2C1. The molecule has 0 nitrogen and oxygen atoms in total. The highest BCUT2D eigenvalue weighted by atomic mass is 32.1. The lowest BCUT2D eigenvalue weighted by Crippen LogP contribution is -1.78. The Morgan fingerprint density at radius 2 is 1.93 bits per heavy atom. The fourth-order valence-corrected chi connectivity index (χ4v) is 3.47. The molecule has 0 amide bonds. The van der Waals surface area contributed by atoms with Crippen LogP contribution in [0.3, 0.4) is 0 Å². The van der Waals surface area contributed by atoms with Crippen LogP contribution in [-0.4, -0.2) is 0 Å². The smallest absolute Gasteiger partial charge is 0.0352 e. The summed E-state index contributed by atoms with van der Waals surface area (Å²) < 4.78 is 1.43. The topological polar surface area (TPSA) is 0 Å². The molecule has 0 N–H and O–H groups in total. The van der Waals surface area contributed by atoms with Gasteiger partial charge in [0.05, 0.1) is 0 Å². The molecule has 0 bridgehead atoms. The summed E-state index contributed by atoms with van der Waals surface area (Å²) in [5.41, 5.74) is 4.60. The Morgan fingerprint density at radius 1 is 1.14 bits per heavy atom. The van der Waals surface area contributed by atoms with E-state index in [0.29, 0.717) is 0 Å². The average Bonchev–Trinajstić information content (AvgIpc) is 2.67. The molecule has 0 aliphatic heterocycles. The summed E-state index contributed by atoms with van der Waals surface area (Å²) in [5, 5.41) is 1.46. The zero-order valence-electron chi connectivity index (χ0n) is 8.42. The highest BCUT2D eigenvalue weighted by molar-refractivity contribution is 7.20. The van der Waals surface area contributed by atoms with Gasteiger partial charge in [-0.1, -0.05) is 23.8 Å². The van der Waals surface area contributed by atoms with Gasteiger partial charge in [0.2, 0.25) is 0 Å². The first kappa shape index (κ1) is 8.25. The first-order chi connectivity index (χ1) is 6.77. The molecule has 0 radical (unpaired) electrons. The van der Waals surface area contributed by atoms with E-state index in [2.05, 4.69) is 38.1 Å². The number of benzene rings is 1. The third kappa shape index (κ3) is 0.934. The highest BCUT2D eigenvalue weighted by Gasteiger charge is 2.20. The molecule has 1 heterocycles. The number of hydrogen-bond donors (Lipinski definition) is 0. The van der Waals surface area contributed by atoms with Gasteiger partial charge in [0.25, 0.3) is 0 Å². The van der Waals surface area contributed by atoms with Crippen LogP contribution < -0.4 is 0 Å². The Labute approximate surface area is 87.9 Å². The monoisotopic (exact) mass is 200 g/mol. The molecule has 0 saturated carbocycles. The van der Waals surface area contributed by atoms with Crippen molar-refractivity contribution in [2.75, 3.05) is 0 Å². The quantitative estimate of drug-likeness (QED) is 0.596. The molecule has 3 rings (SSSR count). The van der Waals surface area contributed by atoms with E-state index in [0.717, 1.165) is 6.42 Å². The van der Waals surface area contributed by atoms with Crippen LogP contribution in [0.1, 0.15) is 24.3 Å². The molecule has 1 aromatic carbocycles. The van der Waals surface area contributed by atoms with Gasteiger partial charge in [-0.05, 0) is 42.9 Å². The van der Waals surface area contributed by atoms with Crippen molar-refractivity contribution in [1.82, 2.24) is 0 Å². The van der Waals surface area contributed by atoms with Gasteiger partial charge in [-0.25, -0.2) is 0 Å². The Kier molecular flexibility index (Phi) is 1.59. The van der Waals surface area contributed by atoms with Crippen molar-refractivity contribution in [2.24, 2.45) is 0 Å². The van der Waals surface area contributed by atoms with Gasteiger partial charge >= 0.3 is 0 Å². The molecule has 1 aliphatic carbocycles. The van der Waals surface area contributed by atoms with Crippen LogP contribution in [-0.2, 0) is 6.42 Å². The van der Waals surface area contributed by atoms with E-state index < -0.39 is 0 Å². The van der Waals surface area contributed by atoms with Crippen molar-refractivity contribution in [2.45, 2.75) is 20.3 Å². The van der Waals surface area contributed by atoms with E-state index in [-0.39, 0.29) is 0 Å². The van der Waals surface area contributed by atoms with Gasteiger partial charge in [-0.2, -0.15) is 0 Å². The summed E-state index contributed by atoms with van der Waals surface area (Å²) in [5.74, 6) is 0. The maximum absolute atomic E-state index is 2.25. The number of allylic oxidation sites excluding steroid dienone is 2. The highest BCUT2D eigenvalue weighted by Crippen LogP contribution is 2.42. The van der Waals surface area contributed by atoms with Crippen LogP contribution >= 0.6 is 11.3 Å². The van der Waals surface area contributed by atoms with E-state index in [9.17, 15) is 0 Å². The lowest BCUT2D eigenvalue weighted by molar-refractivity contribution is 1.21. The summed E-state index contributed by atoms with van der Waals surface area (Å²) in [6.45, 7) is 4.49. The molecular weight excluding hydrogens is 188 g/mol. The van der Waals surface area contributed by atoms with Crippen LogP contribution in [0.15, 0.2) is 29.8 Å². The van der Waals surface area contributed by atoms with Crippen LogP contribution in [0, 0.1) is 0 Å². The van der Waals surface area contributed by atoms with Crippen molar-refractivity contribution < 1.29 is 0 Å². The molecule has 0 saturated heterocycles. The standard InChI is InChI=1S/C13H12S/c1-8-7-11-10-5-3-4-6-12(10)14-13(11)9(8)2/h3-6H,7H2,1-2H3. The Balaban J connectivity index is 2.39. The second-order valence-corrected chi connectivity index (χ2v) is 5.04. The second-order valence-electron chi connectivity index (χ2n) is 3.99. The van der Waals surface area contributed by atoms with Gasteiger partial charge in [-0.15, -0.1) is 11.3 Å². The van der Waals surface area contributed by atoms with E-state index in [1.807, 2.05) is 11.3 Å². The minimum absolute atomic E-state index is 1.16. The third-order valence-electron chi connectivity index (χ3n) is 3.12. The van der Waals surface area contributed by atoms with Crippen molar-refractivity contribution in [3.05, 3.63) is 40.3 Å². The lowest BCUT2D eigenvalue weighted by atomic mass is 10.1. The van der Waals surface area contributed by atoms with Crippen molar-refractivity contribution in [3.63, 3.8) is 0 Å². The van der Waals surface area contributed by atoms with E-state index in [1.165, 1.54) is 26.1 Å². The molecule has 1 heteroatoms. The van der Waals surface area contributed by atoms with E-state index >= 15 is 0 Å². The minimum atomic E-state index is 1.16. The fourth-order valence-electron chi connectivity index (χ4n) is 2.17. The van der Waals surface area contributed by atoms with Crippen LogP contribution in [0.4, 0.5) is 0 Å². The normalized spacial score (nSPS) is 15.3. The average molecular weight is 200 g/mol. The Hall–Kier alpha value is -1.08. The van der Waals surface area contributed by atoms with Crippen LogP contribution in [0.2, 0.25) is 0 Å². The first-order valence-corrected chi connectivity index (χ1v) is 5.76. The molecule has 0 spiro atoms. The van der Waals surface area contributed by atoms with Crippen LogP contribution in [0.5, 0.6) is 0 Å². The van der Waals surface area contributed by atoms with Gasteiger partial charge in [-0.3, -0.25) is 0 Å². The van der Waals surface area contributed by atoms with Crippen molar-refractivity contribution in [1.29, 1.82) is 0 Å². The summed E-state index contributed by atoms with van der Waals surface area (Å²) in [6, 6.07) is 8.73. The minimum Gasteiger partial charge on any atom is -0.135 e. The molecule has 1 aliphatic rings. The lowest BCUT2D eigenvalue weighted by Gasteiger charge is -1.94. The maximum Gasteiger partial charge on any atom is 0.0352 e. The van der Waals surface area contributed by atoms with E-state index in [4.69, 9.17) is 0 Å². The molecule has 0 atom stereocenters. The van der Waals surface area contributed by atoms with Crippen molar-refractivity contribution in [3.8, 4) is 0 Å². The summed E-state index contributed by atoms with van der Waals surface area (Å²) >= 11 is 1.94. The van der Waals surface area contributed by atoms with Crippen molar-refractivity contribution >= 4 is 27.0 Å². The van der Waals surface area contributed by atoms with Gasteiger partial charge in [0.1, 0.15) is 0 Å². The largest absolute Gasteiger partial charge is 0.135 e. The number of fused-ring (bicyclic) bond motifs is 3. The first-order valence-electron chi connectivity index (χ1n) is 4.94. The van der Waals surface area contributed by atoms with E-state index in [1.54, 1.807) is 5.56 Å². The summed E-state index contributed by atoms with van der Waals surface area (Å²) in [4.78, 5) is 1.52. The Morgan fingerprint density at radius 3 is 2.79 bits per heavy atom. The number of thiophene rings is 1. The molecule has 70 valence electrons. The maximum atomic E-state index is 2.25. The Bertz CT molecular complexity index is 543. The van der Waals surface area contributed by atoms with Gasteiger partial charge in [0.15, 0.2) is 0 Å². The summed E-state index contributed by atoms with van der Waals surface area (Å²) in [7, 11) is 0. The molecule has 14 heavy (non-hydrogen) atoms.